The van der Waals surface area contributed by atoms with Crippen LogP contribution in [0.25, 0.3) is 0 Å². The van der Waals surface area contributed by atoms with Gasteiger partial charge in [-0.1, -0.05) is 29.3 Å². The highest BCUT2D eigenvalue weighted by molar-refractivity contribution is 6.37. The van der Waals surface area contributed by atoms with Gasteiger partial charge >= 0.3 is 0 Å². The van der Waals surface area contributed by atoms with Crippen LogP contribution in [-0.2, 0) is 4.79 Å². The summed E-state index contributed by atoms with van der Waals surface area (Å²) in [5.74, 6) is 5.26. The summed E-state index contributed by atoms with van der Waals surface area (Å²) < 4.78 is 5.46. The molecular formula is C11H14Cl2N2O2. The summed E-state index contributed by atoms with van der Waals surface area (Å²) in [5, 5.41) is 0.967. The number of halogens is 2. The third-order valence-electron chi connectivity index (χ3n) is 2.12. The van der Waals surface area contributed by atoms with Crippen LogP contribution in [0.1, 0.15) is 19.3 Å². The van der Waals surface area contributed by atoms with Crippen LogP contribution in [0, 0.1) is 0 Å². The molecule has 1 aromatic rings. The van der Waals surface area contributed by atoms with E-state index in [0.29, 0.717) is 35.2 Å². The molecule has 0 saturated carbocycles. The predicted molar refractivity (Wildman–Crippen MR) is 68.1 cm³/mol. The van der Waals surface area contributed by atoms with Gasteiger partial charge in [-0.05, 0) is 25.0 Å². The number of hydrazine groups is 1. The second-order valence-corrected chi connectivity index (χ2v) is 4.24. The van der Waals surface area contributed by atoms with E-state index in [-0.39, 0.29) is 5.91 Å². The van der Waals surface area contributed by atoms with Crippen molar-refractivity contribution in [3.63, 3.8) is 0 Å². The van der Waals surface area contributed by atoms with Gasteiger partial charge in [0.05, 0.1) is 16.7 Å². The molecule has 0 aliphatic heterocycles. The molecule has 3 N–H and O–H groups in total. The topological polar surface area (TPSA) is 64.3 Å². The lowest BCUT2D eigenvalue weighted by molar-refractivity contribution is -0.121. The minimum absolute atomic E-state index is 0.180. The van der Waals surface area contributed by atoms with E-state index in [0.717, 1.165) is 6.42 Å². The fraction of sp³-hybridized carbons (Fsp3) is 0.364. The van der Waals surface area contributed by atoms with Crippen LogP contribution >= 0.6 is 23.2 Å². The molecule has 0 bridgehead atoms. The number of carbonyl (C=O) groups is 1. The molecule has 0 saturated heterocycles. The Balaban J connectivity index is 2.29. The number of hydrogen-bond donors (Lipinski definition) is 2. The maximum atomic E-state index is 10.8. The number of nitrogens with one attached hydrogen (secondary N) is 1. The fourth-order valence-corrected chi connectivity index (χ4v) is 1.76. The van der Waals surface area contributed by atoms with E-state index in [1.807, 2.05) is 0 Å². The summed E-state index contributed by atoms with van der Waals surface area (Å²) in [6.07, 6.45) is 1.82. The van der Waals surface area contributed by atoms with Crippen molar-refractivity contribution in [2.24, 2.45) is 5.84 Å². The Kier molecular flexibility index (Phi) is 6.11. The van der Waals surface area contributed by atoms with Gasteiger partial charge in [0.1, 0.15) is 0 Å². The highest BCUT2D eigenvalue weighted by atomic mass is 35.5. The molecule has 0 atom stereocenters. The SMILES string of the molecule is NNC(=O)CCCCOc1c(Cl)cccc1Cl. The second kappa shape index (κ2) is 7.37. The Morgan fingerprint density at radius 2 is 1.94 bits per heavy atom. The number of hydrogen-bond acceptors (Lipinski definition) is 3. The Labute approximate surface area is 110 Å². The maximum absolute atomic E-state index is 10.8. The van der Waals surface area contributed by atoms with Crippen molar-refractivity contribution in [3.8, 4) is 5.75 Å². The van der Waals surface area contributed by atoms with Gasteiger partial charge < -0.3 is 4.74 Å². The molecule has 4 nitrogen and oxygen atoms in total. The lowest BCUT2D eigenvalue weighted by atomic mass is 10.2. The Hall–Kier alpha value is -0.970. The number of ether oxygens (including phenoxy) is 1. The van der Waals surface area contributed by atoms with Gasteiger partial charge in [-0.3, -0.25) is 10.2 Å². The quantitative estimate of drug-likeness (QED) is 0.363. The molecule has 0 aliphatic carbocycles. The molecule has 0 fully saturated rings. The number of para-hydroxylation sites is 1. The average molecular weight is 277 g/mol. The highest BCUT2D eigenvalue weighted by Crippen LogP contribution is 2.32. The van der Waals surface area contributed by atoms with Crippen molar-refractivity contribution < 1.29 is 9.53 Å². The molecule has 0 unspecified atom stereocenters. The van der Waals surface area contributed by atoms with E-state index in [4.69, 9.17) is 33.8 Å². The fourth-order valence-electron chi connectivity index (χ4n) is 1.25. The predicted octanol–water partition coefficient (Wildman–Crippen LogP) is 2.53. The summed E-state index contributed by atoms with van der Waals surface area (Å²) >= 11 is 11.9. The molecule has 1 amide bonds. The molecule has 0 aromatic heterocycles. The third-order valence-corrected chi connectivity index (χ3v) is 2.72. The molecule has 1 rings (SSSR count). The molecule has 17 heavy (non-hydrogen) atoms. The van der Waals surface area contributed by atoms with E-state index >= 15 is 0 Å². The first-order valence-corrected chi connectivity index (χ1v) is 5.97. The minimum atomic E-state index is -0.180. The molecule has 0 heterocycles. The lowest BCUT2D eigenvalue weighted by Crippen LogP contribution is -2.29. The maximum Gasteiger partial charge on any atom is 0.233 e. The van der Waals surface area contributed by atoms with Crippen molar-refractivity contribution in [2.75, 3.05) is 6.61 Å². The number of benzene rings is 1. The Morgan fingerprint density at radius 1 is 1.29 bits per heavy atom. The lowest BCUT2D eigenvalue weighted by Gasteiger charge is -2.09. The van der Waals surface area contributed by atoms with Crippen molar-refractivity contribution in [1.82, 2.24) is 5.43 Å². The summed E-state index contributed by atoms with van der Waals surface area (Å²) in [6.45, 7) is 0.460. The Bertz CT molecular complexity index is 365. The van der Waals surface area contributed by atoms with Gasteiger partial charge in [0, 0.05) is 6.42 Å². The Morgan fingerprint density at radius 3 is 2.53 bits per heavy atom. The molecule has 0 spiro atoms. The molecule has 0 radical (unpaired) electrons. The molecule has 6 heteroatoms. The van der Waals surface area contributed by atoms with Gasteiger partial charge in [0.25, 0.3) is 0 Å². The zero-order chi connectivity index (χ0) is 12.7. The molecule has 94 valence electrons. The van der Waals surface area contributed by atoms with Gasteiger partial charge in [0.15, 0.2) is 5.75 Å². The smallest absolute Gasteiger partial charge is 0.233 e. The van der Waals surface area contributed by atoms with E-state index in [2.05, 4.69) is 5.43 Å². The number of amides is 1. The van der Waals surface area contributed by atoms with E-state index in [1.165, 1.54) is 0 Å². The standard InChI is InChI=1S/C11H14Cl2N2O2/c12-8-4-3-5-9(13)11(8)17-7-2-1-6-10(16)15-14/h3-5H,1-2,6-7,14H2,(H,15,16). The van der Waals surface area contributed by atoms with Crippen LogP contribution in [0.4, 0.5) is 0 Å². The number of nitrogens with two attached hydrogens (primary N) is 1. The van der Waals surface area contributed by atoms with Crippen LogP contribution < -0.4 is 16.0 Å². The van der Waals surface area contributed by atoms with Crippen molar-refractivity contribution in [3.05, 3.63) is 28.2 Å². The summed E-state index contributed by atoms with van der Waals surface area (Å²) in [5.41, 5.74) is 2.07. The van der Waals surface area contributed by atoms with Crippen LogP contribution in [-0.4, -0.2) is 12.5 Å². The zero-order valence-electron chi connectivity index (χ0n) is 9.21. The molecular weight excluding hydrogens is 263 g/mol. The highest BCUT2D eigenvalue weighted by Gasteiger charge is 2.06. The van der Waals surface area contributed by atoms with Gasteiger partial charge in [-0.2, -0.15) is 0 Å². The normalized spacial score (nSPS) is 10.1. The second-order valence-electron chi connectivity index (χ2n) is 3.42. The first-order valence-electron chi connectivity index (χ1n) is 5.21. The van der Waals surface area contributed by atoms with Gasteiger partial charge in [0.2, 0.25) is 5.91 Å². The van der Waals surface area contributed by atoms with Crippen LogP contribution in [0.15, 0.2) is 18.2 Å². The van der Waals surface area contributed by atoms with Gasteiger partial charge in [-0.15, -0.1) is 0 Å². The van der Waals surface area contributed by atoms with E-state index < -0.39 is 0 Å². The van der Waals surface area contributed by atoms with Crippen molar-refractivity contribution in [1.29, 1.82) is 0 Å². The monoisotopic (exact) mass is 276 g/mol. The summed E-state index contributed by atoms with van der Waals surface area (Å²) in [4.78, 5) is 10.8. The average Bonchev–Trinajstić information content (AvgIpc) is 2.31. The first-order chi connectivity index (χ1) is 8.15. The zero-order valence-corrected chi connectivity index (χ0v) is 10.7. The van der Waals surface area contributed by atoms with E-state index in [9.17, 15) is 4.79 Å². The van der Waals surface area contributed by atoms with E-state index in [1.54, 1.807) is 18.2 Å². The number of carbonyl (C=O) groups excluding carboxylic acids is 1. The molecule has 1 aromatic carbocycles. The first kappa shape index (κ1) is 14.1. The van der Waals surface area contributed by atoms with Crippen molar-refractivity contribution >= 4 is 29.1 Å². The van der Waals surface area contributed by atoms with Crippen LogP contribution in [0.3, 0.4) is 0 Å². The van der Waals surface area contributed by atoms with Crippen molar-refractivity contribution in [2.45, 2.75) is 19.3 Å². The summed E-state index contributed by atoms with van der Waals surface area (Å²) in [7, 11) is 0. The van der Waals surface area contributed by atoms with Gasteiger partial charge in [-0.25, -0.2) is 5.84 Å². The van der Waals surface area contributed by atoms with Crippen LogP contribution in [0.5, 0.6) is 5.75 Å². The van der Waals surface area contributed by atoms with Crippen LogP contribution in [0.2, 0.25) is 10.0 Å². The third kappa shape index (κ3) is 4.81. The molecule has 0 aliphatic rings. The number of unbranched alkanes of at least 4 members (excludes halogenated alkanes) is 1. The largest absolute Gasteiger partial charge is 0.490 e. The number of rotatable bonds is 6. The summed E-state index contributed by atoms with van der Waals surface area (Å²) in [6, 6.07) is 5.18. The minimum Gasteiger partial charge on any atom is -0.490 e.